The molecule has 2 heterocycles. The summed E-state index contributed by atoms with van der Waals surface area (Å²) in [6.45, 7) is 1.04. The van der Waals surface area contributed by atoms with Crippen LogP contribution in [0.3, 0.4) is 0 Å². The molecule has 27 heavy (non-hydrogen) atoms. The van der Waals surface area contributed by atoms with Crippen LogP contribution in [0, 0.1) is 0 Å². The van der Waals surface area contributed by atoms with Crippen LogP contribution < -0.4 is 5.56 Å². The molecule has 5 nitrogen and oxygen atoms in total. The molecule has 0 aliphatic carbocycles. The first-order valence-corrected chi connectivity index (χ1v) is 8.20. The normalized spacial score (nSPS) is 11.6. The second kappa shape index (κ2) is 6.86. The largest absolute Gasteiger partial charge is 0.434 e. The van der Waals surface area contributed by atoms with Crippen LogP contribution in [0.1, 0.15) is 23.0 Å². The van der Waals surface area contributed by atoms with E-state index in [0.29, 0.717) is 10.4 Å². The average Bonchev–Trinajstić information content (AvgIpc) is 3.06. The molecule has 1 aromatic carbocycles. The zero-order valence-electron chi connectivity index (χ0n) is 13.6. The van der Waals surface area contributed by atoms with E-state index in [9.17, 15) is 22.8 Å². The maximum Gasteiger partial charge on any atom is 0.434 e. The van der Waals surface area contributed by atoms with Crippen molar-refractivity contribution in [3.63, 3.8) is 0 Å². The molecule has 0 aliphatic heterocycles. The van der Waals surface area contributed by atoms with Gasteiger partial charge in [-0.25, -0.2) is 4.68 Å². The Morgan fingerprint density at radius 1 is 1.07 bits per heavy atom. The van der Waals surface area contributed by atoms with Crippen molar-refractivity contribution in [3.05, 3.63) is 74.4 Å². The zero-order valence-corrected chi connectivity index (χ0v) is 15.1. The molecule has 0 N–H and O–H groups in total. The number of pyridine rings is 1. The quantitative estimate of drug-likeness (QED) is 0.589. The van der Waals surface area contributed by atoms with Crippen LogP contribution in [-0.2, 0) is 6.18 Å². The molecule has 10 heteroatoms. The maximum absolute atomic E-state index is 13.4. The van der Waals surface area contributed by atoms with Crippen molar-refractivity contribution in [1.82, 2.24) is 14.3 Å². The molecule has 0 spiro atoms. The van der Waals surface area contributed by atoms with Gasteiger partial charge in [-0.1, -0.05) is 23.2 Å². The number of hydrogen-bond acceptors (Lipinski definition) is 3. The van der Waals surface area contributed by atoms with E-state index in [1.54, 1.807) is 0 Å². The zero-order chi connectivity index (χ0) is 19.9. The summed E-state index contributed by atoms with van der Waals surface area (Å²) in [6, 6.07) is 6.97. The number of halogens is 5. The smallest absolute Gasteiger partial charge is 0.294 e. The number of Topliss-reactive ketones (excluding diaryl/α,β-unsaturated/α-hetero) is 1. The Morgan fingerprint density at radius 2 is 1.67 bits per heavy atom. The number of ketones is 1. The molecule has 140 valence electrons. The second-order valence-electron chi connectivity index (χ2n) is 5.54. The Balaban J connectivity index is 2.09. The Hall–Kier alpha value is -2.58. The number of hydrogen-bond donors (Lipinski definition) is 0. The summed E-state index contributed by atoms with van der Waals surface area (Å²) in [5.41, 5.74) is -1.80. The highest BCUT2D eigenvalue weighted by atomic mass is 35.5. The van der Waals surface area contributed by atoms with E-state index >= 15 is 0 Å². The van der Waals surface area contributed by atoms with Crippen molar-refractivity contribution in [1.29, 1.82) is 0 Å². The van der Waals surface area contributed by atoms with Crippen LogP contribution in [0.25, 0.3) is 11.4 Å². The fourth-order valence-corrected chi connectivity index (χ4v) is 2.81. The number of rotatable bonds is 3. The lowest BCUT2D eigenvalue weighted by molar-refractivity contribution is -0.143. The highest BCUT2D eigenvalue weighted by molar-refractivity contribution is 6.41. The number of alkyl halides is 3. The summed E-state index contributed by atoms with van der Waals surface area (Å²) in [7, 11) is 0. The van der Waals surface area contributed by atoms with Crippen LogP contribution in [0.5, 0.6) is 0 Å². The van der Waals surface area contributed by atoms with Gasteiger partial charge in [0.25, 0.3) is 5.56 Å². The van der Waals surface area contributed by atoms with Crippen LogP contribution >= 0.6 is 23.2 Å². The number of carbonyl (C=O) groups excluding carboxylic acids is 1. The summed E-state index contributed by atoms with van der Waals surface area (Å²) in [4.78, 5) is 23.6. The van der Waals surface area contributed by atoms with E-state index < -0.39 is 28.8 Å². The van der Waals surface area contributed by atoms with Crippen molar-refractivity contribution in [3.8, 4) is 11.4 Å². The first-order chi connectivity index (χ1) is 12.6. The van der Waals surface area contributed by atoms with Gasteiger partial charge in [-0.3, -0.25) is 14.2 Å². The SMILES string of the molecule is CC(=O)c1cnn(-c2ccc(-n3ccc(Cl)c(Cl)c3=O)cc2)c1C(F)(F)F. The Labute approximate surface area is 160 Å². The fraction of sp³-hybridized carbons (Fsp3) is 0.118. The minimum Gasteiger partial charge on any atom is -0.294 e. The van der Waals surface area contributed by atoms with Gasteiger partial charge < -0.3 is 0 Å². The molecular formula is C17H10Cl2F3N3O2. The van der Waals surface area contributed by atoms with E-state index in [2.05, 4.69) is 5.10 Å². The molecule has 0 amide bonds. The number of benzene rings is 1. The highest BCUT2D eigenvalue weighted by Crippen LogP contribution is 2.34. The first-order valence-electron chi connectivity index (χ1n) is 7.45. The summed E-state index contributed by atoms with van der Waals surface area (Å²) < 4.78 is 42.0. The molecule has 0 atom stereocenters. The van der Waals surface area contributed by atoms with Gasteiger partial charge in [0.2, 0.25) is 0 Å². The van der Waals surface area contributed by atoms with E-state index in [0.717, 1.165) is 13.1 Å². The number of nitrogens with zero attached hydrogens (tertiary/aromatic N) is 3. The molecule has 0 radical (unpaired) electrons. The summed E-state index contributed by atoms with van der Waals surface area (Å²) >= 11 is 11.6. The lowest BCUT2D eigenvalue weighted by Crippen LogP contribution is -2.18. The lowest BCUT2D eigenvalue weighted by Gasteiger charge is -2.13. The van der Waals surface area contributed by atoms with Gasteiger partial charge in [-0.2, -0.15) is 18.3 Å². The Bertz CT molecular complexity index is 1090. The van der Waals surface area contributed by atoms with Crippen molar-refractivity contribution >= 4 is 29.0 Å². The van der Waals surface area contributed by atoms with Crippen molar-refractivity contribution < 1.29 is 18.0 Å². The van der Waals surface area contributed by atoms with Gasteiger partial charge in [0.05, 0.1) is 22.5 Å². The molecule has 0 fully saturated rings. The second-order valence-corrected chi connectivity index (χ2v) is 6.33. The molecule has 0 saturated carbocycles. The minimum absolute atomic E-state index is 0.0756. The van der Waals surface area contributed by atoms with E-state index in [-0.39, 0.29) is 15.7 Å². The summed E-state index contributed by atoms with van der Waals surface area (Å²) in [5.74, 6) is -0.743. The van der Waals surface area contributed by atoms with Crippen molar-refractivity contribution in [2.75, 3.05) is 0 Å². The molecule has 0 aliphatic rings. The van der Waals surface area contributed by atoms with E-state index in [1.807, 2.05) is 0 Å². The van der Waals surface area contributed by atoms with Crippen LogP contribution in [0.2, 0.25) is 10.0 Å². The molecule has 2 aromatic heterocycles. The number of carbonyl (C=O) groups is 1. The van der Waals surface area contributed by atoms with Gasteiger partial charge in [0.15, 0.2) is 11.5 Å². The third kappa shape index (κ3) is 3.50. The lowest BCUT2D eigenvalue weighted by atomic mass is 10.1. The van der Waals surface area contributed by atoms with Crippen LogP contribution in [0.4, 0.5) is 13.2 Å². The highest BCUT2D eigenvalue weighted by Gasteiger charge is 2.39. The average molecular weight is 416 g/mol. The van der Waals surface area contributed by atoms with Gasteiger partial charge in [0, 0.05) is 11.9 Å². The fourth-order valence-electron chi connectivity index (χ4n) is 2.52. The minimum atomic E-state index is -4.77. The van der Waals surface area contributed by atoms with Crippen LogP contribution in [0.15, 0.2) is 47.5 Å². The predicted octanol–water partition coefficient (Wildman–Crippen LogP) is 4.55. The van der Waals surface area contributed by atoms with Gasteiger partial charge in [-0.15, -0.1) is 0 Å². The summed E-state index contributed by atoms with van der Waals surface area (Å²) in [6.07, 6.45) is -2.49. The Morgan fingerprint density at radius 3 is 2.22 bits per heavy atom. The molecule has 0 saturated heterocycles. The molecule has 3 rings (SSSR count). The van der Waals surface area contributed by atoms with Crippen molar-refractivity contribution in [2.24, 2.45) is 0 Å². The van der Waals surface area contributed by atoms with Crippen molar-refractivity contribution in [2.45, 2.75) is 13.1 Å². The van der Waals surface area contributed by atoms with Crippen LogP contribution in [-0.4, -0.2) is 20.1 Å². The topological polar surface area (TPSA) is 56.9 Å². The number of aromatic nitrogens is 3. The maximum atomic E-state index is 13.4. The first kappa shape index (κ1) is 19.2. The molecular weight excluding hydrogens is 406 g/mol. The van der Waals surface area contributed by atoms with E-state index in [4.69, 9.17) is 23.2 Å². The predicted molar refractivity (Wildman–Crippen MR) is 94.2 cm³/mol. The standard InChI is InChI=1S/C17H10Cl2F3N3O2/c1-9(26)12-8-23-25(15(12)17(20,21)22)11-4-2-10(3-5-11)24-7-6-13(18)14(19)16(24)27/h2-8H,1H3. The molecule has 0 bridgehead atoms. The van der Waals surface area contributed by atoms with Gasteiger partial charge >= 0.3 is 6.18 Å². The third-order valence-corrected chi connectivity index (χ3v) is 4.55. The molecule has 0 unspecified atom stereocenters. The summed E-state index contributed by atoms with van der Waals surface area (Å²) in [5, 5.41) is 3.62. The molecule has 3 aromatic rings. The van der Waals surface area contributed by atoms with Gasteiger partial charge in [0.1, 0.15) is 5.02 Å². The van der Waals surface area contributed by atoms with Gasteiger partial charge in [-0.05, 0) is 37.3 Å². The third-order valence-electron chi connectivity index (χ3n) is 3.78. The van der Waals surface area contributed by atoms with E-state index in [1.165, 1.54) is 41.1 Å². The monoisotopic (exact) mass is 415 g/mol. The Kier molecular flexibility index (Phi) is 4.88.